The maximum absolute atomic E-state index is 13.1. The van der Waals surface area contributed by atoms with Gasteiger partial charge in [0.15, 0.2) is 0 Å². The van der Waals surface area contributed by atoms with Crippen LogP contribution in [0, 0.1) is 10.1 Å². The van der Waals surface area contributed by atoms with Gasteiger partial charge in [0, 0.05) is 49.6 Å². The van der Waals surface area contributed by atoms with Crippen molar-refractivity contribution in [2.45, 2.75) is 0 Å². The van der Waals surface area contributed by atoms with E-state index in [-0.39, 0.29) is 11.6 Å². The molecule has 3 aromatic carbocycles. The maximum atomic E-state index is 13.1. The van der Waals surface area contributed by atoms with Crippen molar-refractivity contribution in [1.82, 2.24) is 14.5 Å². The topological polar surface area (TPSA) is 122 Å². The number of benzene rings is 3. The number of anilines is 1. The molecular formula is C25H21N5O5. The number of amides is 1. The van der Waals surface area contributed by atoms with Crippen LogP contribution in [0.25, 0.3) is 16.6 Å². The molecule has 1 aliphatic heterocycles. The Hall–Kier alpha value is -4.73. The van der Waals surface area contributed by atoms with E-state index in [2.05, 4.69) is 9.88 Å². The molecule has 1 saturated heterocycles. The Morgan fingerprint density at radius 1 is 0.857 bits per heavy atom. The number of nitro benzene ring substituents is 1. The molecule has 0 spiro atoms. The molecule has 1 aliphatic rings. The Morgan fingerprint density at radius 3 is 2.20 bits per heavy atom. The van der Waals surface area contributed by atoms with Gasteiger partial charge in [0.2, 0.25) is 0 Å². The van der Waals surface area contributed by atoms with Gasteiger partial charge < -0.3 is 14.8 Å². The van der Waals surface area contributed by atoms with Crippen LogP contribution in [0.4, 0.5) is 11.4 Å². The molecule has 0 radical (unpaired) electrons. The number of hydrogen-bond acceptors (Lipinski definition) is 6. The molecule has 0 saturated carbocycles. The standard InChI is InChI=1S/C25H21N5O5/c31-23(28-14-12-27(13-15-28)18-7-9-20(10-8-18)30(34)35)17-6-11-21-22(16-17)26-25(33)29(24(21)32)19-4-2-1-3-5-19/h1-11,16H,12-15H2,(H,26,33). The average Bonchev–Trinajstić information content (AvgIpc) is 2.89. The molecule has 2 heterocycles. The second-order valence-electron chi connectivity index (χ2n) is 8.22. The summed E-state index contributed by atoms with van der Waals surface area (Å²) in [6, 6.07) is 19.7. The van der Waals surface area contributed by atoms with Crippen molar-refractivity contribution in [2.24, 2.45) is 0 Å². The number of carbonyl (C=O) groups excluding carboxylic acids is 1. The fraction of sp³-hybridized carbons (Fsp3) is 0.160. The molecule has 1 fully saturated rings. The third kappa shape index (κ3) is 4.17. The van der Waals surface area contributed by atoms with E-state index >= 15 is 0 Å². The summed E-state index contributed by atoms with van der Waals surface area (Å²) in [5.74, 6) is -0.191. The SMILES string of the molecule is O=C(c1ccc2c(=O)n(-c3ccccc3)c(=O)[nH]c2c1)N1CCN(c2ccc([N+](=O)[O-])cc2)CC1. The van der Waals surface area contributed by atoms with Gasteiger partial charge in [-0.2, -0.15) is 0 Å². The van der Waals surface area contributed by atoms with Crippen LogP contribution in [0.2, 0.25) is 0 Å². The predicted octanol–water partition coefficient (Wildman–Crippen LogP) is 2.55. The quantitative estimate of drug-likeness (QED) is 0.361. The number of nitrogens with one attached hydrogen (secondary N) is 1. The van der Waals surface area contributed by atoms with E-state index in [1.807, 2.05) is 0 Å². The molecule has 176 valence electrons. The molecule has 0 atom stereocenters. The zero-order valence-electron chi connectivity index (χ0n) is 18.6. The van der Waals surface area contributed by atoms with Crippen LogP contribution < -0.4 is 16.1 Å². The maximum Gasteiger partial charge on any atom is 0.333 e. The number of piperazine rings is 1. The molecule has 10 nitrogen and oxygen atoms in total. The van der Waals surface area contributed by atoms with Gasteiger partial charge in [-0.1, -0.05) is 18.2 Å². The Kier molecular flexibility index (Phi) is 5.61. The van der Waals surface area contributed by atoms with Crippen LogP contribution in [-0.4, -0.2) is 51.5 Å². The monoisotopic (exact) mass is 471 g/mol. The van der Waals surface area contributed by atoms with Gasteiger partial charge in [-0.3, -0.25) is 19.7 Å². The second-order valence-corrected chi connectivity index (χ2v) is 8.22. The number of nitro groups is 1. The van der Waals surface area contributed by atoms with Gasteiger partial charge >= 0.3 is 5.69 Å². The second kappa shape index (κ2) is 8.90. The van der Waals surface area contributed by atoms with Gasteiger partial charge in [0.05, 0.1) is 21.5 Å². The normalized spacial score (nSPS) is 13.7. The van der Waals surface area contributed by atoms with E-state index in [0.29, 0.717) is 48.3 Å². The lowest BCUT2D eigenvalue weighted by molar-refractivity contribution is -0.384. The summed E-state index contributed by atoms with van der Waals surface area (Å²) in [5.41, 5.74) is 1.02. The highest BCUT2D eigenvalue weighted by Gasteiger charge is 2.23. The number of non-ortho nitro benzene ring substituents is 1. The summed E-state index contributed by atoms with van der Waals surface area (Å²) in [5, 5.41) is 11.2. The Balaban J connectivity index is 1.34. The summed E-state index contributed by atoms with van der Waals surface area (Å²) in [7, 11) is 0. The Morgan fingerprint density at radius 2 is 1.54 bits per heavy atom. The Bertz CT molecular complexity index is 1540. The van der Waals surface area contributed by atoms with Crippen LogP contribution in [-0.2, 0) is 0 Å². The molecule has 10 heteroatoms. The fourth-order valence-electron chi connectivity index (χ4n) is 4.30. The van der Waals surface area contributed by atoms with Crippen LogP contribution in [0.15, 0.2) is 82.4 Å². The lowest BCUT2D eigenvalue weighted by atomic mass is 10.1. The predicted molar refractivity (Wildman–Crippen MR) is 131 cm³/mol. The number of para-hydroxylation sites is 1. The number of rotatable bonds is 4. The van der Waals surface area contributed by atoms with E-state index in [0.717, 1.165) is 10.3 Å². The number of H-pyrrole nitrogens is 1. The lowest BCUT2D eigenvalue weighted by Gasteiger charge is -2.36. The number of hydrogen-bond donors (Lipinski definition) is 1. The third-order valence-corrected chi connectivity index (χ3v) is 6.15. The van der Waals surface area contributed by atoms with Crippen molar-refractivity contribution in [3.05, 3.63) is 109 Å². The van der Waals surface area contributed by atoms with Crippen molar-refractivity contribution in [1.29, 1.82) is 0 Å². The van der Waals surface area contributed by atoms with Crippen molar-refractivity contribution in [3.8, 4) is 5.69 Å². The van der Waals surface area contributed by atoms with E-state index in [1.165, 1.54) is 12.1 Å². The summed E-state index contributed by atoms with van der Waals surface area (Å²) in [6.45, 7) is 2.10. The molecule has 1 amide bonds. The molecule has 4 aromatic rings. The minimum atomic E-state index is -0.574. The van der Waals surface area contributed by atoms with Crippen LogP contribution in [0.5, 0.6) is 0 Å². The molecule has 1 aromatic heterocycles. The molecule has 1 N–H and O–H groups in total. The molecule has 35 heavy (non-hydrogen) atoms. The van der Waals surface area contributed by atoms with Gasteiger partial charge in [-0.05, 0) is 42.5 Å². The van der Waals surface area contributed by atoms with Crippen molar-refractivity contribution >= 4 is 28.2 Å². The molecule has 0 bridgehead atoms. The van der Waals surface area contributed by atoms with E-state index in [9.17, 15) is 24.5 Å². The van der Waals surface area contributed by atoms with Crippen LogP contribution in [0.3, 0.4) is 0 Å². The zero-order valence-corrected chi connectivity index (χ0v) is 18.6. The van der Waals surface area contributed by atoms with Crippen LogP contribution in [0.1, 0.15) is 10.4 Å². The first kappa shape index (κ1) is 22.1. The number of aromatic nitrogens is 2. The van der Waals surface area contributed by atoms with Gasteiger partial charge in [-0.25, -0.2) is 9.36 Å². The Labute approximate surface area is 198 Å². The molecule has 0 aliphatic carbocycles. The average molecular weight is 471 g/mol. The summed E-state index contributed by atoms with van der Waals surface area (Å²) >= 11 is 0. The first-order chi connectivity index (χ1) is 16.9. The molecule has 0 unspecified atom stereocenters. The minimum absolute atomic E-state index is 0.0347. The number of nitrogens with zero attached hydrogens (tertiary/aromatic N) is 4. The van der Waals surface area contributed by atoms with Crippen molar-refractivity contribution < 1.29 is 9.72 Å². The molecular weight excluding hydrogens is 450 g/mol. The van der Waals surface area contributed by atoms with Crippen molar-refractivity contribution in [2.75, 3.05) is 31.1 Å². The summed E-state index contributed by atoms with van der Waals surface area (Å²) in [6.07, 6.45) is 0. The summed E-state index contributed by atoms with van der Waals surface area (Å²) < 4.78 is 1.07. The van der Waals surface area contributed by atoms with Crippen molar-refractivity contribution in [3.63, 3.8) is 0 Å². The smallest absolute Gasteiger partial charge is 0.333 e. The highest BCUT2D eigenvalue weighted by molar-refractivity contribution is 5.97. The zero-order chi connectivity index (χ0) is 24.5. The van der Waals surface area contributed by atoms with Gasteiger partial charge in [0.25, 0.3) is 17.2 Å². The first-order valence-electron chi connectivity index (χ1n) is 11.1. The highest BCUT2D eigenvalue weighted by atomic mass is 16.6. The van der Waals surface area contributed by atoms with Gasteiger partial charge in [0.1, 0.15) is 0 Å². The minimum Gasteiger partial charge on any atom is -0.368 e. The van der Waals surface area contributed by atoms with Gasteiger partial charge in [-0.15, -0.1) is 0 Å². The fourth-order valence-corrected chi connectivity index (χ4v) is 4.30. The number of aromatic amines is 1. The van der Waals surface area contributed by atoms with Crippen LogP contribution >= 0.6 is 0 Å². The third-order valence-electron chi connectivity index (χ3n) is 6.15. The summed E-state index contributed by atoms with van der Waals surface area (Å²) in [4.78, 5) is 55.6. The number of carbonyl (C=O) groups is 1. The highest BCUT2D eigenvalue weighted by Crippen LogP contribution is 2.21. The number of fused-ring (bicyclic) bond motifs is 1. The lowest BCUT2D eigenvalue weighted by Crippen LogP contribution is -2.48. The first-order valence-corrected chi connectivity index (χ1v) is 11.1. The van der Waals surface area contributed by atoms with E-state index < -0.39 is 16.2 Å². The largest absolute Gasteiger partial charge is 0.368 e. The molecule has 5 rings (SSSR count). The van der Waals surface area contributed by atoms with E-state index in [1.54, 1.807) is 65.6 Å². The van der Waals surface area contributed by atoms with E-state index in [4.69, 9.17) is 0 Å².